The van der Waals surface area contributed by atoms with Gasteiger partial charge in [0.2, 0.25) is 11.8 Å². The number of alkyl halides is 3. The molecule has 4 rings (SSSR count). The molecule has 8 nitrogen and oxygen atoms in total. The molecule has 3 unspecified atom stereocenters. The zero-order valence-corrected chi connectivity index (χ0v) is 21.7. The third-order valence-corrected chi connectivity index (χ3v) is 8.36. The van der Waals surface area contributed by atoms with Crippen LogP contribution in [0.15, 0.2) is 29.2 Å². The van der Waals surface area contributed by atoms with Crippen molar-refractivity contribution in [2.75, 3.05) is 26.0 Å². The Labute approximate surface area is 217 Å². The van der Waals surface area contributed by atoms with Gasteiger partial charge < -0.3 is 9.84 Å². The SMILES string of the molecule is CCCSc1ccc(C2C3C(=O)N(CC)C(=O)C3[C@]3(C(=O)OC)CCCCN23)cc1.O=C(O)C(F)(F)F. The van der Waals surface area contributed by atoms with Crippen LogP contribution in [-0.4, -0.2) is 76.3 Å². The Bertz CT molecular complexity index is 1030. The molecule has 3 aliphatic rings. The number of carbonyl (C=O) groups excluding carboxylic acids is 3. The first-order chi connectivity index (χ1) is 17.4. The molecule has 3 heterocycles. The number of fused-ring (bicyclic) bond motifs is 3. The molecule has 1 aromatic carbocycles. The summed E-state index contributed by atoms with van der Waals surface area (Å²) in [6, 6.07) is 8.02. The number of methoxy groups -OCH3 is 1. The fourth-order valence-electron chi connectivity index (χ4n) is 5.71. The fourth-order valence-corrected chi connectivity index (χ4v) is 6.48. The summed E-state index contributed by atoms with van der Waals surface area (Å²) in [5.74, 6) is -3.66. The number of rotatable bonds is 6. The summed E-state index contributed by atoms with van der Waals surface area (Å²) in [6.45, 7) is 4.99. The first-order valence-corrected chi connectivity index (χ1v) is 13.2. The number of hydrogen-bond donors (Lipinski definition) is 1. The van der Waals surface area contributed by atoms with E-state index in [0.29, 0.717) is 19.5 Å². The van der Waals surface area contributed by atoms with E-state index in [0.717, 1.165) is 30.6 Å². The number of amides is 2. The van der Waals surface area contributed by atoms with E-state index in [1.165, 1.54) is 16.9 Å². The molecule has 2 amide bonds. The molecule has 0 bridgehead atoms. The summed E-state index contributed by atoms with van der Waals surface area (Å²) in [7, 11) is 1.38. The number of ether oxygens (including phenoxy) is 1. The van der Waals surface area contributed by atoms with Crippen LogP contribution in [0, 0.1) is 11.8 Å². The maximum absolute atomic E-state index is 13.3. The van der Waals surface area contributed by atoms with E-state index >= 15 is 0 Å². The molecule has 12 heteroatoms. The third kappa shape index (κ3) is 5.22. The second kappa shape index (κ2) is 11.4. The average molecular weight is 545 g/mol. The quantitative estimate of drug-likeness (QED) is 0.327. The van der Waals surface area contributed by atoms with E-state index in [2.05, 4.69) is 36.1 Å². The zero-order valence-electron chi connectivity index (χ0n) is 20.9. The van der Waals surface area contributed by atoms with Gasteiger partial charge >= 0.3 is 18.1 Å². The molecule has 4 atom stereocenters. The van der Waals surface area contributed by atoms with Gasteiger partial charge in [-0.15, -0.1) is 11.8 Å². The molecule has 3 fully saturated rings. The molecule has 0 radical (unpaired) electrons. The molecule has 1 aromatic rings. The van der Waals surface area contributed by atoms with Gasteiger partial charge in [0.25, 0.3) is 0 Å². The number of hydrogen-bond acceptors (Lipinski definition) is 7. The molecule has 0 spiro atoms. The van der Waals surface area contributed by atoms with Crippen LogP contribution in [0.4, 0.5) is 13.2 Å². The molecule has 0 aliphatic carbocycles. The van der Waals surface area contributed by atoms with Crippen LogP contribution in [0.5, 0.6) is 0 Å². The summed E-state index contributed by atoms with van der Waals surface area (Å²) in [5, 5.41) is 7.12. The summed E-state index contributed by atoms with van der Waals surface area (Å²) in [4.78, 5) is 53.4. The molecule has 3 saturated heterocycles. The minimum Gasteiger partial charge on any atom is -0.475 e. The number of benzene rings is 1. The van der Waals surface area contributed by atoms with E-state index < -0.39 is 29.5 Å². The lowest BCUT2D eigenvalue weighted by Crippen LogP contribution is -2.59. The number of likely N-dealkylation sites (tertiary alicyclic amines) is 1. The highest BCUT2D eigenvalue weighted by Gasteiger charge is 2.72. The maximum atomic E-state index is 13.3. The predicted molar refractivity (Wildman–Crippen MR) is 129 cm³/mol. The van der Waals surface area contributed by atoms with Crippen molar-refractivity contribution in [2.45, 2.75) is 62.2 Å². The number of carboxylic acid groups (broad SMARTS) is 1. The Morgan fingerprint density at radius 3 is 2.27 bits per heavy atom. The Balaban J connectivity index is 0.000000479. The topological polar surface area (TPSA) is 104 Å². The number of piperidine rings is 1. The van der Waals surface area contributed by atoms with E-state index in [-0.39, 0.29) is 23.8 Å². The number of halogens is 3. The average Bonchev–Trinajstić information content (AvgIpc) is 3.32. The van der Waals surface area contributed by atoms with Crippen LogP contribution in [-0.2, 0) is 23.9 Å². The van der Waals surface area contributed by atoms with Gasteiger partial charge in [-0.1, -0.05) is 19.1 Å². The predicted octanol–water partition coefficient (Wildman–Crippen LogP) is 3.90. The maximum Gasteiger partial charge on any atom is 0.490 e. The van der Waals surface area contributed by atoms with Crippen LogP contribution in [0.25, 0.3) is 0 Å². The van der Waals surface area contributed by atoms with Gasteiger partial charge in [-0.2, -0.15) is 13.2 Å². The lowest BCUT2D eigenvalue weighted by atomic mass is 9.75. The second-order valence-corrected chi connectivity index (χ2v) is 10.3. The van der Waals surface area contributed by atoms with Crippen LogP contribution in [0.1, 0.15) is 51.1 Å². The molecular formula is C25H31F3N2O6S. The van der Waals surface area contributed by atoms with Crippen LogP contribution in [0.2, 0.25) is 0 Å². The van der Waals surface area contributed by atoms with E-state index in [9.17, 15) is 27.6 Å². The fraction of sp³-hybridized carbons (Fsp3) is 0.600. The van der Waals surface area contributed by atoms with Gasteiger partial charge in [-0.3, -0.25) is 24.2 Å². The first-order valence-electron chi connectivity index (χ1n) is 12.2. The molecule has 3 aliphatic heterocycles. The van der Waals surface area contributed by atoms with Crippen molar-refractivity contribution < 1.29 is 42.2 Å². The minimum absolute atomic E-state index is 0.153. The summed E-state index contributed by atoms with van der Waals surface area (Å²) in [6.07, 6.45) is -1.63. The van der Waals surface area contributed by atoms with Crippen molar-refractivity contribution in [3.63, 3.8) is 0 Å². The van der Waals surface area contributed by atoms with Gasteiger partial charge in [0.05, 0.1) is 18.9 Å². The Hall–Kier alpha value is -2.60. The van der Waals surface area contributed by atoms with Crippen molar-refractivity contribution in [3.8, 4) is 0 Å². The van der Waals surface area contributed by atoms with E-state index in [1.807, 2.05) is 18.7 Å². The van der Waals surface area contributed by atoms with Gasteiger partial charge in [-0.25, -0.2) is 4.79 Å². The summed E-state index contributed by atoms with van der Waals surface area (Å²) < 4.78 is 37.0. The number of carboxylic acids is 1. The molecular weight excluding hydrogens is 513 g/mol. The standard InChI is InChI=1S/C23H30N2O4S.C2HF3O2/c1-4-14-30-16-10-8-15(9-11-16)19-17-18(21(27)24(5-2)20(17)26)23(22(28)29-3)12-6-7-13-25(19)23;3-2(4,5)1(6)7/h8-11,17-19H,4-7,12-14H2,1-3H3;(H,6,7)/t17?,18?,19?,23-;/m0./s1. The Morgan fingerprint density at radius 1 is 1.14 bits per heavy atom. The number of imide groups is 1. The number of esters is 1. The minimum atomic E-state index is -5.08. The van der Waals surface area contributed by atoms with Crippen molar-refractivity contribution in [2.24, 2.45) is 11.8 Å². The Morgan fingerprint density at radius 2 is 1.76 bits per heavy atom. The normalized spacial score (nSPS) is 27.3. The smallest absolute Gasteiger partial charge is 0.475 e. The summed E-state index contributed by atoms with van der Waals surface area (Å²) in [5.41, 5.74) is -0.0492. The lowest BCUT2D eigenvalue weighted by molar-refractivity contribution is -0.192. The monoisotopic (exact) mass is 544 g/mol. The number of aliphatic carboxylic acids is 1. The zero-order chi connectivity index (χ0) is 27.5. The molecule has 204 valence electrons. The van der Waals surface area contributed by atoms with E-state index in [4.69, 9.17) is 14.6 Å². The molecule has 37 heavy (non-hydrogen) atoms. The van der Waals surface area contributed by atoms with Crippen LogP contribution < -0.4 is 0 Å². The van der Waals surface area contributed by atoms with Gasteiger partial charge in [0.1, 0.15) is 5.54 Å². The lowest BCUT2D eigenvalue weighted by Gasteiger charge is -2.44. The van der Waals surface area contributed by atoms with Crippen molar-refractivity contribution in [1.29, 1.82) is 0 Å². The highest BCUT2D eigenvalue weighted by Crippen LogP contribution is 2.58. The van der Waals surface area contributed by atoms with Crippen LogP contribution >= 0.6 is 11.8 Å². The second-order valence-electron chi connectivity index (χ2n) is 9.16. The Kier molecular flexibility index (Phi) is 8.94. The van der Waals surface area contributed by atoms with Gasteiger partial charge in [0, 0.05) is 17.5 Å². The van der Waals surface area contributed by atoms with Gasteiger partial charge in [0.15, 0.2) is 0 Å². The number of thioether (sulfide) groups is 1. The number of nitrogens with zero attached hydrogens (tertiary/aromatic N) is 2. The van der Waals surface area contributed by atoms with Gasteiger partial charge in [-0.05, 0) is 62.6 Å². The third-order valence-electron chi connectivity index (χ3n) is 7.14. The van der Waals surface area contributed by atoms with E-state index in [1.54, 1.807) is 0 Å². The highest BCUT2D eigenvalue weighted by molar-refractivity contribution is 7.99. The van der Waals surface area contributed by atoms with Crippen molar-refractivity contribution in [3.05, 3.63) is 29.8 Å². The van der Waals surface area contributed by atoms with Crippen molar-refractivity contribution in [1.82, 2.24) is 9.80 Å². The first kappa shape index (κ1) is 29.0. The molecule has 0 saturated carbocycles. The molecule has 0 aromatic heterocycles. The largest absolute Gasteiger partial charge is 0.490 e. The molecule has 1 N–H and O–H groups in total. The van der Waals surface area contributed by atoms with Crippen molar-refractivity contribution >= 4 is 35.5 Å². The number of carbonyl (C=O) groups is 4. The highest BCUT2D eigenvalue weighted by atomic mass is 32.2. The van der Waals surface area contributed by atoms with Crippen LogP contribution in [0.3, 0.4) is 0 Å². The summed E-state index contributed by atoms with van der Waals surface area (Å²) >= 11 is 1.81.